The fourth-order valence-corrected chi connectivity index (χ4v) is 3.87. The quantitative estimate of drug-likeness (QED) is 0.785. The Kier molecular flexibility index (Phi) is 5.19. The molecule has 140 valence electrons. The zero-order valence-electron chi connectivity index (χ0n) is 14.6. The van der Waals surface area contributed by atoms with Crippen LogP contribution in [0, 0.1) is 0 Å². The molecule has 1 N–H and O–H groups in total. The van der Waals surface area contributed by atoms with Gasteiger partial charge in [-0.3, -0.25) is 9.52 Å². The van der Waals surface area contributed by atoms with E-state index in [9.17, 15) is 13.2 Å². The molecule has 26 heavy (non-hydrogen) atoms. The summed E-state index contributed by atoms with van der Waals surface area (Å²) in [6.45, 7) is 1.99. The summed E-state index contributed by atoms with van der Waals surface area (Å²) >= 11 is 0. The van der Waals surface area contributed by atoms with Gasteiger partial charge in [-0.05, 0) is 30.3 Å². The van der Waals surface area contributed by atoms with Crippen LogP contribution < -0.4 is 9.46 Å². The van der Waals surface area contributed by atoms with Gasteiger partial charge in [-0.1, -0.05) is 0 Å². The minimum atomic E-state index is -3.79. The van der Waals surface area contributed by atoms with Crippen LogP contribution in [0.25, 0.3) is 0 Å². The Labute approximate surface area is 152 Å². The first-order chi connectivity index (χ1) is 12.4. The van der Waals surface area contributed by atoms with Crippen molar-refractivity contribution in [3.63, 3.8) is 0 Å². The highest BCUT2D eigenvalue weighted by molar-refractivity contribution is 7.92. The molecule has 1 amide bonds. The van der Waals surface area contributed by atoms with Crippen molar-refractivity contribution in [2.75, 3.05) is 38.6 Å². The number of sulfonamides is 1. The molecule has 1 aliphatic rings. The number of anilines is 1. The van der Waals surface area contributed by atoms with E-state index in [2.05, 4.69) is 4.72 Å². The fourth-order valence-electron chi connectivity index (χ4n) is 2.77. The molecule has 0 atom stereocenters. The molecule has 1 aromatic heterocycles. The average molecular weight is 379 g/mol. The average Bonchev–Trinajstić information content (AvgIpc) is 3.08. The molecular formula is C17H21N3O5S. The standard InChI is InChI=1S/C17H21N3O5S/c1-24-10-9-19-7-8-20-12-15(11-16(20)17(19)21)26(22,23)18-13-3-5-14(25-2)6-4-13/h3-6,11-12,18H,7-10H2,1-2H3. The third-order valence-electron chi connectivity index (χ3n) is 4.21. The molecule has 2 heterocycles. The van der Waals surface area contributed by atoms with Crippen LogP contribution in [-0.2, 0) is 21.3 Å². The number of rotatable bonds is 7. The molecule has 0 saturated carbocycles. The number of amides is 1. The van der Waals surface area contributed by atoms with Gasteiger partial charge in [0.1, 0.15) is 16.3 Å². The SMILES string of the molecule is COCCN1CCn2cc(S(=O)(=O)Nc3ccc(OC)cc3)cc2C1=O. The van der Waals surface area contributed by atoms with Gasteiger partial charge in [0.15, 0.2) is 0 Å². The van der Waals surface area contributed by atoms with Crippen molar-refractivity contribution in [3.05, 3.63) is 42.2 Å². The number of hydrogen-bond acceptors (Lipinski definition) is 5. The molecule has 0 bridgehead atoms. The van der Waals surface area contributed by atoms with Gasteiger partial charge in [-0.2, -0.15) is 0 Å². The van der Waals surface area contributed by atoms with Crippen LogP contribution in [0.1, 0.15) is 10.5 Å². The summed E-state index contributed by atoms with van der Waals surface area (Å²) in [6.07, 6.45) is 1.49. The van der Waals surface area contributed by atoms with Gasteiger partial charge in [-0.25, -0.2) is 8.42 Å². The summed E-state index contributed by atoms with van der Waals surface area (Å²) in [5, 5.41) is 0. The lowest BCUT2D eigenvalue weighted by atomic mass is 10.3. The van der Waals surface area contributed by atoms with Gasteiger partial charge in [0.05, 0.1) is 13.7 Å². The molecule has 2 aromatic rings. The largest absolute Gasteiger partial charge is 0.497 e. The lowest BCUT2D eigenvalue weighted by molar-refractivity contribution is 0.0641. The Morgan fingerprint density at radius 1 is 1.15 bits per heavy atom. The van der Waals surface area contributed by atoms with Crippen molar-refractivity contribution in [1.29, 1.82) is 0 Å². The Hall–Kier alpha value is -2.52. The zero-order valence-corrected chi connectivity index (χ0v) is 15.5. The minimum Gasteiger partial charge on any atom is -0.497 e. The van der Waals surface area contributed by atoms with Crippen LogP contribution in [0.5, 0.6) is 5.75 Å². The number of aromatic nitrogens is 1. The number of carbonyl (C=O) groups is 1. The maximum absolute atomic E-state index is 12.6. The molecule has 0 saturated heterocycles. The summed E-state index contributed by atoms with van der Waals surface area (Å²) in [4.78, 5) is 14.2. The highest BCUT2D eigenvalue weighted by Crippen LogP contribution is 2.23. The maximum atomic E-state index is 12.6. The van der Waals surface area contributed by atoms with Crippen molar-refractivity contribution >= 4 is 21.6 Å². The van der Waals surface area contributed by atoms with Gasteiger partial charge in [-0.15, -0.1) is 0 Å². The first-order valence-electron chi connectivity index (χ1n) is 8.10. The monoisotopic (exact) mass is 379 g/mol. The van der Waals surface area contributed by atoms with Crippen molar-refractivity contribution in [1.82, 2.24) is 9.47 Å². The highest BCUT2D eigenvalue weighted by Gasteiger charge is 2.28. The molecule has 0 spiro atoms. The van der Waals surface area contributed by atoms with E-state index in [1.165, 1.54) is 19.4 Å². The number of ether oxygens (including phenoxy) is 2. The van der Waals surface area contributed by atoms with Crippen LogP contribution in [0.3, 0.4) is 0 Å². The second kappa shape index (κ2) is 7.38. The first-order valence-corrected chi connectivity index (χ1v) is 9.58. The van der Waals surface area contributed by atoms with E-state index in [1.807, 2.05) is 0 Å². The van der Waals surface area contributed by atoms with Crippen molar-refractivity contribution in [2.45, 2.75) is 11.4 Å². The van der Waals surface area contributed by atoms with E-state index >= 15 is 0 Å². The molecule has 1 aromatic carbocycles. The van der Waals surface area contributed by atoms with Crippen LogP contribution in [0.2, 0.25) is 0 Å². The van der Waals surface area contributed by atoms with Crippen molar-refractivity contribution < 1.29 is 22.7 Å². The molecule has 1 aliphatic heterocycles. The van der Waals surface area contributed by atoms with Gasteiger partial charge >= 0.3 is 0 Å². The molecular weight excluding hydrogens is 358 g/mol. The lowest BCUT2D eigenvalue weighted by Gasteiger charge is -2.27. The smallest absolute Gasteiger partial charge is 0.270 e. The zero-order chi connectivity index (χ0) is 18.7. The number of benzene rings is 1. The lowest BCUT2D eigenvalue weighted by Crippen LogP contribution is -2.41. The fraction of sp³-hybridized carbons (Fsp3) is 0.353. The number of hydrogen-bond donors (Lipinski definition) is 1. The normalized spacial score (nSPS) is 14.2. The predicted molar refractivity (Wildman–Crippen MR) is 96.0 cm³/mol. The summed E-state index contributed by atoms with van der Waals surface area (Å²) in [5.74, 6) is 0.438. The first kappa shape index (κ1) is 18.3. The summed E-state index contributed by atoms with van der Waals surface area (Å²) in [7, 11) is -0.676. The van der Waals surface area contributed by atoms with Crippen LogP contribution in [0.15, 0.2) is 41.4 Å². The summed E-state index contributed by atoms with van der Waals surface area (Å²) in [6, 6.07) is 7.97. The Bertz CT molecular complexity index is 890. The second-order valence-corrected chi connectivity index (χ2v) is 7.56. The molecule has 0 unspecified atom stereocenters. The number of carbonyl (C=O) groups excluding carboxylic acids is 1. The van der Waals surface area contributed by atoms with E-state index in [1.54, 1.807) is 40.8 Å². The predicted octanol–water partition coefficient (Wildman–Crippen LogP) is 1.40. The van der Waals surface area contributed by atoms with Crippen LogP contribution >= 0.6 is 0 Å². The Morgan fingerprint density at radius 3 is 2.54 bits per heavy atom. The molecule has 9 heteroatoms. The third-order valence-corrected chi connectivity index (χ3v) is 5.55. The molecule has 0 fully saturated rings. The van der Waals surface area contributed by atoms with E-state index in [-0.39, 0.29) is 10.8 Å². The number of nitrogens with zero attached hydrogens (tertiary/aromatic N) is 2. The summed E-state index contributed by atoms with van der Waals surface area (Å²) in [5.41, 5.74) is 0.783. The Balaban J connectivity index is 1.80. The van der Waals surface area contributed by atoms with E-state index < -0.39 is 10.0 Å². The van der Waals surface area contributed by atoms with Gasteiger partial charge in [0, 0.05) is 38.6 Å². The summed E-state index contributed by atoms with van der Waals surface area (Å²) < 4.78 is 39.5. The van der Waals surface area contributed by atoms with Crippen molar-refractivity contribution in [3.8, 4) is 5.75 Å². The third kappa shape index (κ3) is 3.68. The topological polar surface area (TPSA) is 89.9 Å². The van der Waals surface area contributed by atoms with Crippen molar-refractivity contribution in [2.24, 2.45) is 0 Å². The van der Waals surface area contributed by atoms with Gasteiger partial charge in [0.2, 0.25) is 0 Å². The molecule has 3 rings (SSSR count). The number of fused-ring (bicyclic) bond motifs is 1. The second-order valence-electron chi connectivity index (χ2n) is 5.87. The minimum absolute atomic E-state index is 0.0604. The van der Waals surface area contributed by atoms with Crippen LogP contribution in [-0.4, -0.2) is 57.7 Å². The molecule has 8 nitrogen and oxygen atoms in total. The molecule has 0 radical (unpaired) electrons. The maximum Gasteiger partial charge on any atom is 0.270 e. The number of methoxy groups -OCH3 is 2. The number of nitrogens with one attached hydrogen (secondary N) is 1. The van der Waals surface area contributed by atoms with E-state index in [0.29, 0.717) is 43.4 Å². The van der Waals surface area contributed by atoms with Gasteiger partial charge < -0.3 is 18.9 Å². The van der Waals surface area contributed by atoms with E-state index in [0.717, 1.165) is 0 Å². The molecule has 0 aliphatic carbocycles. The van der Waals surface area contributed by atoms with E-state index in [4.69, 9.17) is 9.47 Å². The van der Waals surface area contributed by atoms with Crippen LogP contribution in [0.4, 0.5) is 5.69 Å². The Morgan fingerprint density at radius 2 is 1.88 bits per heavy atom. The van der Waals surface area contributed by atoms with Gasteiger partial charge in [0.25, 0.3) is 15.9 Å². The highest BCUT2D eigenvalue weighted by atomic mass is 32.2.